The zero-order valence-corrected chi connectivity index (χ0v) is 29.6. The van der Waals surface area contributed by atoms with Crippen molar-refractivity contribution >= 4 is 46.7 Å². The van der Waals surface area contributed by atoms with Gasteiger partial charge >= 0.3 is 0 Å². The Morgan fingerprint density at radius 3 is 1.77 bits per heavy atom. The first-order valence-corrected chi connectivity index (χ1v) is 19.2. The molecule has 0 heterocycles. The fraction of sp³-hybridized carbons (Fsp3) is 0.256. The molecule has 0 aliphatic heterocycles. The van der Waals surface area contributed by atoms with E-state index in [-0.39, 0.29) is 11.6 Å². The van der Waals surface area contributed by atoms with Crippen molar-refractivity contribution in [2.45, 2.75) is 83.8 Å². The summed E-state index contributed by atoms with van der Waals surface area (Å²) in [6.07, 6.45) is 10.9. The Kier molecular flexibility index (Phi) is 10.2. The van der Waals surface area contributed by atoms with Gasteiger partial charge in [0.05, 0.1) is 0 Å². The zero-order valence-electron chi connectivity index (χ0n) is 27.2. The van der Waals surface area contributed by atoms with Gasteiger partial charge in [0, 0.05) is 46.9 Å². The lowest BCUT2D eigenvalue weighted by Crippen LogP contribution is -2.22. The van der Waals surface area contributed by atoms with Crippen molar-refractivity contribution in [2.75, 3.05) is 0 Å². The van der Waals surface area contributed by atoms with Crippen LogP contribution < -0.4 is 0 Å². The van der Waals surface area contributed by atoms with E-state index in [9.17, 15) is 9.59 Å². The fourth-order valence-electron chi connectivity index (χ4n) is 7.26. The summed E-state index contributed by atoms with van der Waals surface area (Å²) in [5.41, 5.74) is 5.72. The van der Waals surface area contributed by atoms with E-state index in [1.165, 1.54) is 91.6 Å². The third-order valence-electron chi connectivity index (χ3n) is 9.88. The molecule has 2 nitrogen and oxygen atoms in total. The van der Waals surface area contributed by atoms with Gasteiger partial charge in [0.25, 0.3) is 0 Å². The molecule has 0 unspecified atom stereocenters. The van der Waals surface area contributed by atoms with E-state index in [1.54, 1.807) is 12.1 Å². The molecule has 0 radical (unpaired) electrons. The first-order valence-electron chi connectivity index (χ1n) is 17.2. The number of hydrogen-bond acceptors (Lipinski definition) is 4. The number of carbonyl (C=O) groups excluding carboxylic acids is 2. The van der Waals surface area contributed by atoms with E-state index in [1.807, 2.05) is 48.5 Å². The van der Waals surface area contributed by atoms with E-state index < -0.39 is 0 Å². The zero-order chi connectivity index (χ0) is 33.0. The lowest BCUT2D eigenvalue weighted by atomic mass is 9.77. The molecule has 0 amide bonds. The molecule has 0 aromatic heterocycles. The predicted octanol–water partition coefficient (Wildman–Crippen LogP) is 12.9. The molecule has 1 fully saturated rings. The summed E-state index contributed by atoms with van der Waals surface area (Å²) >= 11 is 9.19. The standard InChI is InChI=1S/C43H39ClO2S2/c1-2-3-4-8-28-15-17-29(18-16-28)30-19-21-31(22-20-30)32-23-25-34(26-24-32)47-38-13-6-11-36-40(38)42(45)37-12-7-14-39(41(37)43(36)46)48-35-10-5-9-33(44)27-35/h5-7,9-14,19-29H,2-4,8,15-18H2,1H3. The van der Waals surface area contributed by atoms with Crippen LogP contribution in [0.15, 0.2) is 129 Å². The third kappa shape index (κ3) is 7.08. The Labute approximate surface area is 297 Å². The Bertz CT molecular complexity index is 1940. The van der Waals surface area contributed by atoms with Gasteiger partial charge < -0.3 is 0 Å². The van der Waals surface area contributed by atoms with Gasteiger partial charge in [-0.25, -0.2) is 0 Å². The van der Waals surface area contributed by atoms with Crippen molar-refractivity contribution in [1.82, 2.24) is 0 Å². The van der Waals surface area contributed by atoms with Crippen molar-refractivity contribution in [3.8, 4) is 11.1 Å². The second-order valence-electron chi connectivity index (χ2n) is 13.0. The normalized spacial score (nSPS) is 17.2. The summed E-state index contributed by atoms with van der Waals surface area (Å²) in [6.45, 7) is 2.29. The highest BCUT2D eigenvalue weighted by Gasteiger charge is 2.34. The largest absolute Gasteiger partial charge is 0.289 e. The summed E-state index contributed by atoms with van der Waals surface area (Å²) in [6, 6.07) is 36.3. The molecule has 1 saturated carbocycles. The lowest BCUT2D eigenvalue weighted by molar-refractivity contribution is 0.0974. The van der Waals surface area contributed by atoms with Gasteiger partial charge in [-0.05, 0) is 96.7 Å². The molecule has 5 aromatic carbocycles. The Hall–Kier alpha value is -3.57. The summed E-state index contributed by atoms with van der Waals surface area (Å²) in [4.78, 5) is 31.4. The van der Waals surface area contributed by atoms with Gasteiger partial charge in [0.1, 0.15) is 0 Å². The molecule has 0 atom stereocenters. The topological polar surface area (TPSA) is 34.1 Å². The van der Waals surface area contributed by atoms with E-state index in [0.29, 0.717) is 33.2 Å². The van der Waals surface area contributed by atoms with Gasteiger partial charge in [0.2, 0.25) is 0 Å². The minimum atomic E-state index is -0.119. The Morgan fingerprint density at radius 2 is 1.19 bits per heavy atom. The highest BCUT2D eigenvalue weighted by atomic mass is 35.5. The van der Waals surface area contributed by atoms with Crippen LogP contribution in [0.1, 0.15) is 102 Å². The number of unbranched alkanes of at least 4 members (excludes halogenated alkanes) is 2. The summed E-state index contributed by atoms with van der Waals surface area (Å²) < 4.78 is 0. The number of carbonyl (C=O) groups is 2. The molecular weight excluding hydrogens is 648 g/mol. The maximum atomic E-state index is 14.0. The van der Waals surface area contributed by atoms with Gasteiger partial charge in [-0.3, -0.25) is 9.59 Å². The molecule has 0 N–H and O–H groups in total. The second kappa shape index (κ2) is 14.9. The summed E-state index contributed by atoms with van der Waals surface area (Å²) in [7, 11) is 0. The SMILES string of the molecule is CCCCCC1CCC(c2ccc(-c3ccc(Sc4cccc5c4C(=O)c4cccc(Sc6cccc(Cl)c6)c4C5=O)cc3)cc2)CC1. The number of benzene rings is 5. The van der Waals surface area contributed by atoms with Crippen molar-refractivity contribution in [3.63, 3.8) is 0 Å². The first-order chi connectivity index (χ1) is 23.5. The van der Waals surface area contributed by atoms with E-state index in [0.717, 1.165) is 25.5 Å². The quantitative estimate of drug-likeness (QED) is 0.134. The Balaban J connectivity index is 1.05. The molecule has 5 aromatic rings. The van der Waals surface area contributed by atoms with E-state index in [4.69, 9.17) is 11.6 Å². The van der Waals surface area contributed by atoms with Crippen molar-refractivity contribution in [2.24, 2.45) is 5.92 Å². The van der Waals surface area contributed by atoms with E-state index >= 15 is 0 Å². The smallest absolute Gasteiger partial charge is 0.195 e. The summed E-state index contributed by atoms with van der Waals surface area (Å²) in [5.74, 6) is 1.38. The van der Waals surface area contributed by atoms with Gasteiger partial charge in [-0.15, -0.1) is 0 Å². The molecule has 0 saturated heterocycles. The number of hydrogen-bond donors (Lipinski definition) is 0. The highest BCUT2D eigenvalue weighted by Crippen LogP contribution is 2.42. The van der Waals surface area contributed by atoms with Crippen LogP contribution in [-0.4, -0.2) is 11.6 Å². The third-order valence-corrected chi connectivity index (χ3v) is 12.2. The van der Waals surface area contributed by atoms with Crippen LogP contribution in [0.5, 0.6) is 0 Å². The van der Waals surface area contributed by atoms with Crippen LogP contribution in [0, 0.1) is 5.92 Å². The van der Waals surface area contributed by atoms with Gasteiger partial charge in [-0.2, -0.15) is 0 Å². The summed E-state index contributed by atoms with van der Waals surface area (Å²) in [5, 5.41) is 0.630. The molecule has 2 aliphatic carbocycles. The molecule has 7 rings (SSSR count). The molecule has 242 valence electrons. The molecule has 5 heteroatoms. The average molecular weight is 687 g/mol. The minimum absolute atomic E-state index is 0.113. The van der Waals surface area contributed by atoms with Gasteiger partial charge in [-0.1, -0.05) is 134 Å². The minimum Gasteiger partial charge on any atom is -0.289 e. The second-order valence-corrected chi connectivity index (χ2v) is 15.7. The number of fused-ring (bicyclic) bond motifs is 2. The van der Waals surface area contributed by atoms with Crippen LogP contribution in [0.3, 0.4) is 0 Å². The Morgan fingerprint density at radius 1 is 0.625 bits per heavy atom. The molecule has 48 heavy (non-hydrogen) atoms. The predicted molar refractivity (Wildman–Crippen MR) is 200 cm³/mol. The lowest BCUT2D eigenvalue weighted by Gasteiger charge is -2.29. The van der Waals surface area contributed by atoms with E-state index in [2.05, 4.69) is 55.5 Å². The van der Waals surface area contributed by atoms with Crippen LogP contribution in [0.2, 0.25) is 5.02 Å². The van der Waals surface area contributed by atoms with Crippen LogP contribution in [0.25, 0.3) is 11.1 Å². The molecular formula is C43H39ClO2S2. The van der Waals surface area contributed by atoms with Crippen molar-refractivity contribution in [3.05, 3.63) is 142 Å². The first kappa shape index (κ1) is 33.0. The van der Waals surface area contributed by atoms with Crippen molar-refractivity contribution in [1.29, 1.82) is 0 Å². The molecule has 0 spiro atoms. The maximum Gasteiger partial charge on any atom is 0.195 e. The fourth-order valence-corrected chi connectivity index (χ4v) is 9.53. The maximum absolute atomic E-state index is 14.0. The number of halogens is 1. The van der Waals surface area contributed by atoms with Crippen molar-refractivity contribution < 1.29 is 9.59 Å². The van der Waals surface area contributed by atoms with Crippen LogP contribution >= 0.6 is 35.1 Å². The van der Waals surface area contributed by atoms with Gasteiger partial charge in [0.15, 0.2) is 11.6 Å². The molecule has 2 aliphatic rings. The number of ketones is 2. The monoisotopic (exact) mass is 686 g/mol. The van der Waals surface area contributed by atoms with Crippen LogP contribution in [0.4, 0.5) is 0 Å². The highest BCUT2D eigenvalue weighted by molar-refractivity contribution is 7.99. The number of rotatable bonds is 10. The molecule has 0 bridgehead atoms. The van der Waals surface area contributed by atoms with Crippen LogP contribution in [-0.2, 0) is 0 Å². The average Bonchev–Trinajstić information content (AvgIpc) is 3.11.